The van der Waals surface area contributed by atoms with Crippen LogP contribution < -0.4 is 5.73 Å². The van der Waals surface area contributed by atoms with E-state index >= 15 is 0 Å². The van der Waals surface area contributed by atoms with Crippen LogP contribution in [0.15, 0.2) is 6.07 Å². The number of hydrogen-bond donors (Lipinski definition) is 1. The molecule has 0 atom stereocenters. The summed E-state index contributed by atoms with van der Waals surface area (Å²) in [5.41, 5.74) is 8.87. The minimum absolute atomic E-state index is 0.0273. The summed E-state index contributed by atoms with van der Waals surface area (Å²) < 4.78 is 0. The number of amides is 1. The molecule has 0 saturated heterocycles. The second-order valence-electron chi connectivity index (χ2n) is 6.09. The predicted octanol–water partition coefficient (Wildman–Crippen LogP) is 3.37. The minimum Gasteiger partial charge on any atom is -0.397 e. The predicted molar refractivity (Wildman–Crippen MR) is 87.8 cm³/mol. The van der Waals surface area contributed by atoms with Crippen molar-refractivity contribution in [3.8, 4) is 0 Å². The number of aryl methyl sites for hydroxylation is 2. The number of rotatable bonds is 3. The van der Waals surface area contributed by atoms with E-state index in [1.165, 1.54) is 30.6 Å². The number of aromatic nitrogens is 1. The maximum Gasteiger partial charge on any atom is 0.265 e. The Kier molecular flexibility index (Phi) is 3.61. The minimum atomic E-state index is 0.0273. The summed E-state index contributed by atoms with van der Waals surface area (Å²) in [5.74, 6) is 0.691. The zero-order valence-corrected chi connectivity index (χ0v) is 13.6. The molecule has 1 fully saturated rings. The van der Waals surface area contributed by atoms with Gasteiger partial charge in [0.25, 0.3) is 5.91 Å². The van der Waals surface area contributed by atoms with Crippen molar-refractivity contribution in [1.29, 1.82) is 0 Å². The van der Waals surface area contributed by atoms with Gasteiger partial charge in [-0.1, -0.05) is 6.42 Å². The fourth-order valence-electron chi connectivity index (χ4n) is 2.95. The molecule has 2 aromatic heterocycles. The first kappa shape index (κ1) is 14.3. The molecule has 2 heterocycles. The summed E-state index contributed by atoms with van der Waals surface area (Å²) >= 11 is 1.41. The van der Waals surface area contributed by atoms with Gasteiger partial charge in [0, 0.05) is 24.7 Å². The van der Waals surface area contributed by atoms with E-state index in [1.807, 2.05) is 31.9 Å². The largest absolute Gasteiger partial charge is 0.397 e. The molecule has 1 aliphatic carbocycles. The van der Waals surface area contributed by atoms with Crippen LogP contribution in [0.2, 0.25) is 0 Å². The van der Waals surface area contributed by atoms with Crippen LogP contribution in [0.3, 0.4) is 0 Å². The van der Waals surface area contributed by atoms with E-state index in [1.54, 1.807) is 0 Å². The number of pyridine rings is 1. The summed E-state index contributed by atoms with van der Waals surface area (Å²) in [6, 6.07) is 2.01. The Labute approximate surface area is 129 Å². The van der Waals surface area contributed by atoms with Gasteiger partial charge in [0.15, 0.2) is 0 Å². The van der Waals surface area contributed by atoms with Gasteiger partial charge >= 0.3 is 0 Å². The molecule has 0 spiro atoms. The second-order valence-corrected chi connectivity index (χ2v) is 7.09. The number of thiophene rings is 1. The third-order valence-corrected chi connectivity index (χ3v) is 5.41. The molecule has 2 N–H and O–H groups in total. The lowest BCUT2D eigenvalue weighted by atomic mass is 9.85. The Morgan fingerprint density at radius 3 is 2.81 bits per heavy atom. The first-order valence-corrected chi connectivity index (χ1v) is 8.20. The van der Waals surface area contributed by atoms with Crippen molar-refractivity contribution in [3.05, 3.63) is 22.2 Å². The van der Waals surface area contributed by atoms with Gasteiger partial charge < -0.3 is 10.6 Å². The van der Waals surface area contributed by atoms with E-state index in [0.29, 0.717) is 16.5 Å². The maximum atomic E-state index is 12.6. The van der Waals surface area contributed by atoms with Crippen LogP contribution in [-0.2, 0) is 0 Å². The lowest BCUT2D eigenvalue weighted by Crippen LogP contribution is -2.34. The number of carbonyl (C=O) groups is 1. The quantitative estimate of drug-likeness (QED) is 0.945. The molecule has 5 heteroatoms. The summed E-state index contributed by atoms with van der Waals surface area (Å²) in [7, 11) is 1.87. The van der Waals surface area contributed by atoms with Crippen LogP contribution in [0.25, 0.3) is 10.2 Å². The lowest BCUT2D eigenvalue weighted by Gasteiger charge is -2.30. The van der Waals surface area contributed by atoms with E-state index < -0.39 is 0 Å². The lowest BCUT2D eigenvalue weighted by molar-refractivity contribution is 0.0751. The van der Waals surface area contributed by atoms with Crippen molar-refractivity contribution in [1.82, 2.24) is 9.88 Å². The van der Waals surface area contributed by atoms with E-state index in [0.717, 1.165) is 28.0 Å². The smallest absolute Gasteiger partial charge is 0.265 e. The fraction of sp³-hybridized carbons (Fsp3) is 0.500. The first-order valence-electron chi connectivity index (χ1n) is 7.39. The summed E-state index contributed by atoms with van der Waals surface area (Å²) in [6.45, 7) is 4.82. The monoisotopic (exact) mass is 303 g/mol. The molecule has 0 radical (unpaired) electrons. The summed E-state index contributed by atoms with van der Waals surface area (Å²) in [5, 5.41) is 0.936. The SMILES string of the molecule is Cc1cc(C)c2c(N)c(C(=O)N(C)CC3CCC3)sc2n1. The van der Waals surface area contributed by atoms with Gasteiger partial charge in [-0.05, 0) is 44.2 Å². The Morgan fingerprint density at radius 2 is 2.19 bits per heavy atom. The summed E-state index contributed by atoms with van der Waals surface area (Å²) in [6.07, 6.45) is 3.76. The highest BCUT2D eigenvalue weighted by Crippen LogP contribution is 2.36. The Balaban J connectivity index is 1.94. The Hall–Kier alpha value is -1.62. The Bertz CT molecular complexity index is 703. The van der Waals surface area contributed by atoms with Crippen molar-refractivity contribution in [2.75, 3.05) is 19.3 Å². The summed E-state index contributed by atoms with van der Waals surface area (Å²) in [4.78, 5) is 20.5. The van der Waals surface area contributed by atoms with Crippen LogP contribution in [0, 0.1) is 19.8 Å². The van der Waals surface area contributed by atoms with Crippen molar-refractivity contribution in [3.63, 3.8) is 0 Å². The molecule has 0 aliphatic heterocycles. The third-order valence-electron chi connectivity index (χ3n) is 4.32. The van der Waals surface area contributed by atoms with Crippen LogP contribution >= 0.6 is 11.3 Å². The van der Waals surface area contributed by atoms with Crippen LogP contribution in [0.5, 0.6) is 0 Å². The van der Waals surface area contributed by atoms with Gasteiger partial charge in [-0.2, -0.15) is 0 Å². The van der Waals surface area contributed by atoms with Gasteiger partial charge in [-0.15, -0.1) is 11.3 Å². The van der Waals surface area contributed by atoms with Crippen molar-refractivity contribution >= 4 is 33.1 Å². The number of hydrogen-bond acceptors (Lipinski definition) is 4. The molecule has 2 aromatic rings. The van der Waals surface area contributed by atoms with E-state index in [2.05, 4.69) is 4.98 Å². The van der Waals surface area contributed by atoms with Gasteiger partial charge in [-0.3, -0.25) is 4.79 Å². The number of anilines is 1. The van der Waals surface area contributed by atoms with Crippen LogP contribution in [0.4, 0.5) is 5.69 Å². The van der Waals surface area contributed by atoms with Crippen molar-refractivity contribution in [2.45, 2.75) is 33.1 Å². The van der Waals surface area contributed by atoms with Gasteiger partial charge in [0.05, 0.1) is 5.69 Å². The van der Waals surface area contributed by atoms with Gasteiger partial charge in [0.1, 0.15) is 9.71 Å². The normalized spacial score (nSPS) is 15.2. The maximum absolute atomic E-state index is 12.6. The first-order chi connectivity index (χ1) is 9.97. The van der Waals surface area contributed by atoms with E-state index in [4.69, 9.17) is 5.73 Å². The third kappa shape index (κ3) is 2.50. The topological polar surface area (TPSA) is 59.2 Å². The van der Waals surface area contributed by atoms with Gasteiger partial charge in [-0.25, -0.2) is 4.98 Å². The molecule has 1 amide bonds. The molecular weight excluding hydrogens is 282 g/mol. The number of nitrogens with zero attached hydrogens (tertiary/aromatic N) is 2. The fourth-order valence-corrected chi connectivity index (χ4v) is 4.16. The molecular formula is C16H21N3OS. The highest BCUT2D eigenvalue weighted by Gasteiger charge is 2.25. The number of nitrogens with two attached hydrogens (primary N) is 1. The van der Waals surface area contributed by atoms with Crippen molar-refractivity contribution in [2.24, 2.45) is 5.92 Å². The van der Waals surface area contributed by atoms with E-state index in [-0.39, 0.29) is 5.91 Å². The number of fused-ring (bicyclic) bond motifs is 1. The van der Waals surface area contributed by atoms with E-state index in [9.17, 15) is 4.79 Å². The molecule has 3 rings (SSSR count). The molecule has 0 unspecified atom stereocenters. The molecule has 112 valence electrons. The molecule has 4 nitrogen and oxygen atoms in total. The zero-order chi connectivity index (χ0) is 15.1. The molecule has 0 aromatic carbocycles. The number of nitrogen functional groups attached to an aromatic ring is 1. The Morgan fingerprint density at radius 1 is 1.48 bits per heavy atom. The molecule has 0 bridgehead atoms. The zero-order valence-electron chi connectivity index (χ0n) is 12.8. The molecule has 21 heavy (non-hydrogen) atoms. The molecule has 1 aliphatic rings. The average molecular weight is 303 g/mol. The van der Waals surface area contributed by atoms with Gasteiger partial charge in [0.2, 0.25) is 0 Å². The number of carbonyl (C=O) groups excluding carboxylic acids is 1. The van der Waals surface area contributed by atoms with Crippen LogP contribution in [0.1, 0.15) is 40.2 Å². The highest BCUT2D eigenvalue weighted by atomic mass is 32.1. The average Bonchev–Trinajstić information content (AvgIpc) is 2.69. The highest BCUT2D eigenvalue weighted by molar-refractivity contribution is 7.21. The molecule has 1 saturated carbocycles. The second kappa shape index (κ2) is 5.30. The van der Waals surface area contributed by atoms with Crippen molar-refractivity contribution < 1.29 is 4.79 Å². The van der Waals surface area contributed by atoms with Crippen LogP contribution in [-0.4, -0.2) is 29.4 Å². The standard InChI is InChI=1S/C16H21N3OS/c1-9-7-10(2)18-15-12(9)13(17)14(21-15)16(20)19(3)8-11-5-4-6-11/h7,11H,4-6,8,17H2,1-3H3.